The van der Waals surface area contributed by atoms with Crippen molar-refractivity contribution in [1.29, 1.82) is 0 Å². The number of nitro benzene ring substituents is 1. The molecule has 2 N–H and O–H groups in total. The van der Waals surface area contributed by atoms with Gasteiger partial charge in [0.1, 0.15) is 6.61 Å². The highest BCUT2D eigenvalue weighted by Crippen LogP contribution is 2.31. The van der Waals surface area contributed by atoms with Gasteiger partial charge in [0, 0.05) is 15.4 Å². The largest absolute Gasteiger partial charge is 0.481 e. The number of nitro groups is 1. The molecule has 1 aromatic carbocycles. The SMILES string of the molecule is NCC#Cc1ccc(COc2ccc(Br)cc2[N+](=O)[O-])s1. The Morgan fingerprint density at radius 1 is 1.38 bits per heavy atom. The first-order valence-electron chi connectivity index (χ1n) is 5.94. The van der Waals surface area contributed by atoms with Crippen LogP contribution in [-0.4, -0.2) is 11.5 Å². The Kier molecular flexibility index (Phi) is 5.33. The van der Waals surface area contributed by atoms with Crippen LogP contribution < -0.4 is 10.5 Å². The predicted molar refractivity (Wildman–Crippen MR) is 85.4 cm³/mol. The molecule has 0 bridgehead atoms. The fraction of sp³-hybridized carbons (Fsp3) is 0.143. The van der Waals surface area contributed by atoms with Gasteiger partial charge in [-0.2, -0.15) is 0 Å². The number of thiophene rings is 1. The van der Waals surface area contributed by atoms with E-state index in [1.165, 1.54) is 17.4 Å². The van der Waals surface area contributed by atoms with Crippen molar-refractivity contribution in [3.8, 4) is 17.6 Å². The van der Waals surface area contributed by atoms with Crippen LogP contribution in [0.25, 0.3) is 0 Å². The van der Waals surface area contributed by atoms with Gasteiger partial charge in [0.25, 0.3) is 0 Å². The summed E-state index contributed by atoms with van der Waals surface area (Å²) < 4.78 is 6.17. The maximum atomic E-state index is 11.0. The van der Waals surface area contributed by atoms with Crippen LogP contribution in [0.3, 0.4) is 0 Å². The fourth-order valence-corrected chi connectivity index (χ4v) is 2.71. The van der Waals surface area contributed by atoms with Crippen LogP contribution in [0.1, 0.15) is 9.75 Å². The summed E-state index contributed by atoms with van der Waals surface area (Å²) in [5, 5.41) is 11.0. The summed E-state index contributed by atoms with van der Waals surface area (Å²) in [7, 11) is 0. The molecule has 0 aliphatic heterocycles. The van der Waals surface area contributed by atoms with Crippen LogP contribution in [0, 0.1) is 22.0 Å². The summed E-state index contributed by atoms with van der Waals surface area (Å²) in [6.07, 6.45) is 0. The summed E-state index contributed by atoms with van der Waals surface area (Å²) in [6.45, 7) is 0.576. The first kappa shape index (κ1) is 15.5. The van der Waals surface area contributed by atoms with E-state index in [2.05, 4.69) is 27.8 Å². The van der Waals surface area contributed by atoms with Gasteiger partial charge in [0.15, 0.2) is 5.75 Å². The minimum Gasteiger partial charge on any atom is -0.481 e. The predicted octanol–water partition coefficient (Wildman–Crippen LogP) is 3.31. The Hall–Kier alpha value is -1.88. The Bertz CT molecular complexity index is 718. The molecule has 0 saturated carbocycles. The van der Waals surface area contributed by atoms with Crippen molar-refractivity contribution in [3.63, 3.8) is 0 Å². The minimum absolute atomic E-state index is 0.0657. The highest BCUT2D eigenvalue weighted by atomic mass is 79.9. The minimum atomic E-state index is -0.466. The van der Waals surface area contributed by atoms with Gasteiger partial charge in [0.05, 0.1) is 16.3 Å². The first-order valence-corrected chi connectivity index (χ1v) is 7.55. The third kappa shape index (κ3) is 4.29. The van der Waals surface area contributed by atoms with E-state index in [1.807, 2.05) is 12.1 Å². The third-order valence-electron chi connectivity index (χ3n) is 2.46. The monoisotopic (exact) mass is 366 g/mol. The Morgan fingerprint density at radius 2 is 2.19 bits per heavy atom. The molecule has 0 atom stereocenters. The number of hydrogen-bond donors (Lipinski definition) is 1. The van der Waals surface area contributed by atoms with Gasteiger partial charge in [-0.3, -0.25) is 10.1 Å². The molecule has 0 aliphatic carbocycles. The topological polar surface area (TPSA) is 78.4 Å². The van der Waals surface area contributed by atoms with Gasteiger partial charge in [0.2, 0.25) is 0 Å². The standard InChI is InChI=1S/C14H11BrN2O3S/c15-10-3-6-14(13(8-10)17(18)19)20-9-12-5-4-11(21-12)2-1-7-16/h3-6,8H,7,9,16H2. The molecule has 0 spiro atoms. The van der Waals surface area contributed by atoms with E-state index in [9.17, 15) is 10.1 Å². The zero-order valence-corrected chi connectivity index (χ0v) is 13.2. The molecule has 108 valence electrons. The van der Waals surface area contributed by atoms with Crippen LogP contribution >= 0.6 is 27.3 Å². The van der Waals surface area contributed by atoms with Crippen molar-refractivity contribution >= 4 is 33.0 Å². The van der Waals surface area contributed by atoms with E-state index in [0.29, 0.717) is 11.0 Å². The average molecular weight is 367 g/mol. The molecular weight excluding hydrogens is 356 g/mol. The van der Waals surface area contributed by atoms with Crippen LogP contribution in [0.5, 0.6) is 5.75 Å². The average Bonchev–Trinajstić information content (AvgIpc) is 2.91. The Morgan fingerprint density at radius 3 is 2.90 bits per heavy atom. The van der Waals surface area contributed by atoms with Crippen molar-refractivity contribution in [2.45, 2.75) is 6.61 Å². The summed E-state index contributed by atoms with van der Waals surface area (Å²) in [4.78, 5) is 12.4. The smallest absolute Gasteiger partial charge is 0.312 e. The second-order valence-electron chi connectivity index (χ2n) is 3.93. The highest BCUT2D eigenvalue weighted by molar-refractivity contribution is 9.10. The van der Waals surface area contributed by atoms with Gasteiger partial charge >= 0.3 is 5.69 Å². The van der Waals surface area contributed by atoms with Crippen LogP contribution in [0.2, 0.25) is 0 Å². The van der Waals surface area contributed by atoms with E-state index >= 15 is 0 Å². The summed E-state index contributed by atoms with van der Waals surface area (Å²) in [5.74, 6) is 5.95. The number of ether oxygens (including phenoxy) is 1. The molecule has 1 heterocycles. The van der Waals surface area contributed by atoms with E-state index in [4.69, 9.17) is 10.5 Å². The number of nitrogens with two attached hydrogens (primary N) is 1. The molecule has 0 amide bonds. The van der Waals surface area contributed by atoms with Crippen molar-refractivity contribution in [3.05, 3.63) is 54.7 Å². The lowest BCUT2D eigenvalue weighted by Crippen LogP contribution is -1.97. The molecule has 7 heteroatoms. The van der Waals surface area contributed by atoms with Gasteiger partial charge in [-0.25, -0.2) is 0 Å². The number of halogens is 1. The maximum Gasteiger partial charge on any atom is 0.312 e. The molecule has 0 saturated heterocycles. The molecule has 0 aliphatic rings. The zero-order chi connectivity index (χ0) is 15.2. The molecule has 21 heavy (non-hydrogen) atoms. The zero-order valence-electron chi connectivity index (χ0n) is 10.8. The van der Waals surface area contributed by atoms with E-state index in [-0.39, 0.29) is 18.0 Å². The van der Waals surface area contributed by atoms with Crippen LogP contribution in [0.4, 0.5) is 5.69 Å². The number of benzene rings is 1. The number of nitrogens with zero attached hydrogens (tertiary/aromatic N) is 1. The van der Waals surface area contributed by atoms with Gasteiger partial charge in [-0.05, 0) is 24.3 Å². The fourth-order valence-electron chi connectivity index (χ4n) is 1.56. The normalized spacial score (nSPS) is 9.81. The molecule has 1 aromatic heterocycles. The lowest BCUT2D eigenvalue weighted by molar-refractivity contribution is -0.386. The van der Waals surface area contributed by atoms with Crippen molar-refractivity contribution < 1.29 is 9.66 Å². The quantitative estimate of drug-likeness (QED) is 0.511. The lowest BCUT2D eigenvalue weighted by atomic mass is 10.3. The Balaban J connectivity index is 2.09. The summed E-state index contributed by atoms with van der Waals surface area (Å²) >= 11 is 4.68. The molecule has 0 unspecified atom stereocenters. The van der Waals surface area contributed by atoms with Gasteiger partial charge in [-0.1, -0.05) is 27.8 Å². The molecular formula is C14H11BrN2O3S. The Labute approximate surface area is 134 Å². The van der Waals surface area contributed by atoms with E-state index in [1.54, 1.807) is 12.1 Å². The van der Waals surface area contributed by atoms with Crippen molar-refractivity contribution in [2.75, 3.05) is 6.54 Å². The van der Waals surface area contributed by atoms with Gasteiger partial charge < -0.3 is 10.5 Å². The van der Waals surface area contributed by atoms with Crippen molar-refractivity contribution in [1.82, 2.24) is 0 Å². The van der Waals surface area contributed by atoms with E-state index < -0.39 is 4.92 Å². The lowest BCUT2D eigenvalue weighted by Gasteiger charge is -2.05. The molecule has 0 radical (unpaired) electrons. The molecule has 0 fully saturated rings. The molecule has 5 nitrogen and oxygen atoms in total. The van der Waals surface area contributed by atoms with Crippen molar-refractivity contribution in [2.24, 2.45) is 5.73 Å². The highest BCUT2D eigenvalue weighted by Gasteiger charge is 2.15. The number of rotatable bonds is 4. The summed E-state index contributed by atoms with van der Waals surface area (Å²) in [5.41, 5.74) is 5.25. The molecule has 2 rings (SSSR count). The first-order chi connectivity index (χ1) is 10.1. The summed E-state index contributed by atoms with van der Waals surface area (Å²) in [6, 6.07) is 8.46. The molecule has 2 aromatic rings. The van der Waals surface area contributed by atoms with Crippen LogP contribution in [0.15, 0.2) is 34.8 Å². The third-order valence-corrected chi connectivity index (χ3v) is 3.93. The van der Waals surface area contributed by atoms with Crippen LogP contribution in [-0.2, 0) is 6.61 Å². The van der Waals surface area contributed by atoms with E-state index in [0.717, 1.165) is 9.75 Å². The second-order valence-corrected chi connectivity index (χ2v) is 6.01. The number of hydrogen-bond acceptors (Lipinski definition) is 5. The van der Waals surface area contributed by atoms with Gasteiger partial charge in [-0.15, -0.1) is 11.3 Å². The maximum absolute atomic E-state index is 11.0. The second kappa shape index (κ2) is 7.22.